The first-order valence-corrected chi connectivity index (χ1v) is 2.79. The number of hydrogen-bond donors (Lipinski definition) is 1. The van der Waals surface area contributed by atoms with E-state index >= 15 is 0 Å². The van der Waals surface area contributed by atoms with Crippen LogP contribution in [0.15, 0.2) is 18.5 Å². The first-order valence-electron chi connectivity index (χ1n) is 2.79. The van der Waals surface area contributed by atoms with Gasteiger partial charge in [-0.25, -0.2) is 0 Å². The molecule has 0 spiro atoms. The molecule has 0 aliphatic rings. The predicted molar refractivity (Wildman–Crippen MR) is 36.6 cm³/mol. The van der Waals surface area contributed by atoms with Gasteiger partial charge in [-0.2, -0.15) is 0 Å². The number of hydrogen-bond acceptors (Lipinski definition) is 2. The van der Waals surface area contributed by atoms with Crippen LogP contribution in [0.4, 0.5) is 0 Å². The lowest BCUT2D eigenvalue weighted by atomic mass is 10.2. The highest BCUT2D eigenvalue weighted by Crippen LogP contribution is 1.98. The number of pyridine rings is 1. The molecule has 1 radical (unpaired) electrons. The lowest BCUT2D eigenvalue weighted by Gasteiger charge is -1.94. The summed E-state index contributed by atoms with van der Waals surface area (Å²) in [4.78, 5) is 3.91. The van der Waals surface area contributed by atoms with Gasteiger partial charge in [-0.1, -0.05) is 6.07 Å². The molecule has 1 aromatic rings. The summed E-state index contributed by atoms with van der Waals surface area (Å²) in [6.45, 7) is 4.25. The summed E-state index contributed by atoms with van der Waals surface area (Å²) < 4.78 is 0. The van der Waals surface area contributed by atoms with Gasteiger partial charge in [0, 0.05) is 18.9 Å². The molecule has 1 heterocycles. The fourth-order valence-electron chi connectivity index (χ4n) is 0.653. The van der Waals surface area contributed by atoms with Gasteiger partial charge in [0.2, 0.25) is 0 Å². The van der Waals surface area contributed by atoms with Crippen LogP contribution in [-0.2, 0) is 6.54 Å². The third kappa shape index (κ3) is 1.50. The summed E-state index contributed by atoms with van der Waals surface area (Å²) in [5, 5.41) is 0. The fraction of sp³-hybridized carbons (Fsp3) is 0.143. The van der Waals surface area contributed by atoms with Crippen LogP contribution >= 0.6 is 0 Å². The number of aromatic nitrogens is 1. The molecule has 0 fully saturated rings. The van der Waals surface area contributed by atoms with Crippen LogP contribution in [0.25, 0.3) is 0 Å². The summed E-state index contributed by atoms with van der Waals surface area (Å²) in [6.07, 6.45) is 3.45. The van der Waals surface area contributed by atoms with Crippen molar-refractivity contribution in [2.75, 3.05) is 0 Å². The van der Waals surface area contributed by atoms with Crippen molar-refractivity contribution >= 4 is 0 Å². The van der Waals surface area contributed by atoms with Crippen LogP contribution in [0.3, 0.4) is 0 Å². The molecule has 47 valence electrons. The molecular formula is C7H9N2. The Morgan fingerprint density at radius 2 is 2.33 bits per heavy atom. The van der Waals surface area contributed by atoms with Gasteiger partial charge in [-0.15, -0.1) is 0 Å². The Balaban J connectivity index is 2.94. The van der Waals surface area contributed by atoms with E-state index in [1.54, 1.807) is 12.4 Å². The Labute approximate surface area is 54.7 Å². The summed E-state index contributed by atoms with van der Waals surface area (Å²) in [5.74, 6) is 0. The van der Waals surface area contributed by atoms with E-state index in [4.69, 9.17) is 5.73 Å². The molecule has 0 aliphatic carbocycles. The van der Waals surface area contributed by atoms with E-state index in [0.29, 0.717) is 6.54 Å². The van der Waals surface area contributed by atoms with Gasteiger partial charge >= 0.3 is 0 Å². The standard InChI is InChI=1S/C7H9N2/c1-6-2-7(3-8)5-9-4-6/h2,4-5H,1,3,8H2. The maximum atomic E-state index is 5.35. The molecule has 1 aromatic heterocycles. The zero-order chi connectivity index (χ0) is 6.69. The normalized spacial score (nSPS) is 9.56. The van der Waals surface area contributed by atoms with Crippen molar-refractivity contribution < 1.29 is 0 Å². The molecule has 0 bridgehead atoms. The van der Waals surface area contributed by atoms with Gasteiger partial charge in [0.15, 0.2) is 0 Å². The Bertz CT molecular complexity index is 196. The molecule has 9 heavy (non-hydrogen) atoms. The fourth-order valence-corrected chi connectivity index (χ4v) is 0.653. The summed E-state index contributed by atoms with van der Waals surface area (Å²) in [5.41, 5.74) is 7.30. The first kappa shape index (κ1) is 6.23. The van der Waals surface area contributed by atoms with E-state index in [0.717, 1.165) is 11.1 Å². The number of nitrogens with zero attached hydrogens (tertiary/aromatic N) is 1. The molecule has 0 amide bonds. The van der Waals surface area contributed by atoms with E-state index in [1.807, 2.05) is 6.07 Å². The third-order valence-corrected chi connectivity index (χ3v) is 1.09. The largest absolute Gasteiger partial charge is 0.326 e. The van der Waals surface area contributed by atoms with Crippen molar-refractivity contribution in [3.05, 3.63) is 36.5 Å². The lowest BCUT2D eigenvalue weighted by Crippen LogP contribution is -1.96. The minimum absolute atomic E-state index is 0.538. The smallest absolute Gasteiger partial charge is 0.0312 e. The minimum Gasteiger partial charge on any atom is -0.326 e. The van der Waals surface area contributed by atoms with Gasteiger partial charge in [0.1, 0.15) is 0 Å². The molecule has 0 aromatic carbocycles. The second kappa shape index (κ2) is 2.60. The minimum atomic E-state index is 0.538. The predicted octanol–water partition coefficient (Wildman–Crippen LogP) is 0.722. The van der Waals surface area contributed by atoms with Gasteiger partial charge in [0.25, 0.3) is 0 Å². The molecule has 0 unspecified atom stereocenters. The average molecular weight is 121 g/mol. The van der Waals surface area contributed by atoms with Gasteiger partial charge in [-0.05, 0) is 18.1 Å². The van der Waals surface area contributed by atoms with E-state index in [9.17, 15) is 0 Å². The molecule has 0 saturated heterocycles. The Kier molecular flexibility index (Phi) is 1.80. The maximum absolute atomic E-state index is 5.35. The highest BCUT2D eigenvalue weighted by molar-refractivity contribution is 5.19. The summed E-state index contributed by atoms with van der Waals surface area (Å²) in [6, 6.07) is 1.92. The van der Waals surface area contributed by atoms with Crippen LogP contribution < -0.4 is 5.73 Å². The lowest BCUT2D eigenvalue weighted by molar-refractivity contribution is 1.04. The van der Waals surface area contributed by atoms with Crippen LogP contribution in [0.2, 0.25) is 0 Å². The molecule has 2 heteroatoms. The van der Waals surface area contributed by atoms with Crippen molar-refractivity contribution in [3.8, 4) is 0 Å². The average Bonchev–Trinajstić information content (AvgIpc) is 1.88. The van der Waals surface area contributed by atoms with Gasteiger partial charge < -0.3 is 5.73 Å². The van der Waals surface area contributed by atoms with Crippen LogP contribution in [0.5, 0.6) is 0 Å². The molecule has 0 aliphatic heterocycles. The first-order chi connectivity index (χ1) is 4.33. The van der Waals surface area contributed by atoms with Crippen molar-refractivity contribution in [2.45, 2.75) is 6.54 Å². The summed E-state index contributed by atoms with van der Waals surface area (Å²) in [7, 11) is 0. The van der Waals surface area contributed by atoms with E-state index < -0.39 is 0 Å². The molecule has 2 N–H and O–H groups in total. The van der Waals surface area contributed by atoms with E-state index in [1.165, 1.54) is 0 Å². The highest BCUT2D eigenvalue weighted by atomic mass is 14.6. The Morgan fingerprint density at radius 3 is 2.78 bits per heavy atom. The third-order valence-electron chi connectivity index (χ3n) is 1.09. The van der Waals surface area contributed by atoms with Crippen LogP contribution in [0.1, 0.15) is 11.1 Å². The van der Waals surface area contributed by atoms with Crippen molar-refractivity contribution in [1.29, 1.82) is 0 Å². The quantitative estimate of drug-likeness (QED) is 0.594. The molecule has 0 atom stereocenters. The van der Waals surface area contributed by atoms with Crippen molar-refractivity contribution in [1.82, 2.24) is 4.98 Å². The van der Waals surface area contributed by atoms with E-state index in [2.05, 4.69) is 11.9 Å². The van der Waals surface area contributed by atoms with Crippen LogP contribution in [-0.4, -0.2) is 4.98 Å². The Hall–Kier alpha value is -0.890. The highest BCUT2D eigenvalue weighted by Gasteiger charge is 1.87. The zero-order valence-electron chi connectivity index (χ0n) is 5.17. The SMILES string of the molecule is [CH2]c1cncc(CN)c1. The number of nitrogens with two attached hydrogens (primary N) is 1. The molecule has 1 rings (SSSR count). The topological polar surface area (TPSA) is 38.9 Å². The second-order valence-corrected chi connectivity index (χ2v) is 1.91. The molecular weight excluding hydrogens is 112 g/mol. The van der Waals surface area contributed by atoms with Crippen molar-refractivity contribution in [3.63, 3.8) is 0 Å². The van der Waals surface area contributed by atoms with Gasteiger partial charge in [0.05, 0.1) is 0 Å². The molecule has 2 nitrogen and oxygen atoms in total. The molecule has 0 saturated carbocycles. The van der Waals surface area contributed by atoms with Crippen LogP contribution in [0, 0.1) is 6.92 Å². The monoisotopic (exact) mass is 121 g/mol. The second-order valence-electron chi connectivity index (χ2n) is 1.91. The van der Waals surface area contributed by atoms with E-state index in [-0.39, 0.29) is 0 Å². The maximum Gasteiger partial charge on any atom is 0.0312 e. The number of rotatable bonds is 1. The Morgan fingerprint density at radius 1 is 1.56 bits per heavy atom. The summed E-state index contributed by atoms with van der Waals surface area (Å²) >= 11 is 0. The van der Waals surface area contributed by atoms with Gasteiger partial charge in [-0.3, -0.25) is 4.98 Å². The van der Waals surface area contributed by atoms with Crippen molar-refractivity contribution in [2.24, 2.45) is 5.73 Å². The zero-order valence-corrected chi connectivity index (χ0v) is 5.17.